The lowest BCUT2D eigenvalue weighted by Crippen LogP contribution is -2.49. The van der Waals surface area contributed by atoms with Gasteiger partial charge >= 0.3 is 5.97 Å². The monoisotopic (exact) mass is 2080 g/mol. The van der Waals surface area contributed by atoms with E-state index in [1.54, 1.807) is 28.3 Å². The van der Waals surface area contributed by atoms with Gasteiger partial charge in [-0.25, -0.2) is 16.8 Å². The minimum Gasteiger partial charge on any atom is -0.460 e. The van der Waals surface area contributed by atoms with Gasteiger partial charge in [-0.2, -0.15) is 23.5 Å². The second kappa shape index (κ2) is 98.7. The first-order chi connectivity index (χ1) is 67.8. The molecule has 0 radical (unpaired) electrons. The number of aryl methyl sites for hydroxylation is 1. The van der Waals surface area contributed by atoms with Crippen LogP contribution in [-0.4, -0.2) is 396 Å². The van der Waals surface area contributed by atoms with Crippen molar-refractivity contribution in [2.75, 3.05) is 302 Å². The van der Waals surface area contributed by atoms with Crippen molar-refractivity contribution in [1.82, 2.24) is 59.2 Å². The van der Waals surface area contributed by atoms with Crippen LogP contribution in [0.15, 0.2) is 91.0 Å². The quantitative estimate of drug-likeness (QED) is 0.0703. The molecule has 13 rings (SSSR count). The number of rotatable bonds is 23. The van der Waals surface area contributed by atoms with E-state index in [-0.39, 0.29) is 28.5 Å². The first kappa shape index (κ1) is 145. The molecule has 21 nitrogen and oxygen atoms in total. The standard InChI is InChI=1S/C11H22N2.C11H16N2.C11H24N2.C11H21NO2.C9H20N2.C8H18N2O.C8H11N.C8H17N.C8H10.C7H14O2S.C7H14S.2C4H10.C3H8O2S.C3H8S.C2H6O.C2H6/c2*1-12-7-9-13(10-8-12)11-5-3-2-4-6-11;1-3-4-5-6-7-13-10-8-12(2)9-11-13;1-11(2,3)14-10(13)9-5-7-12(4)8-6-9;1-3-4-5-11-8-6-10(2)7-9-11;1-9-3-5-10(6-4-9)7-8-11-2;1-9-7-8-5-3-2-4-6-8;1-3-8-4-6-9(2)7-5-8;1-2-8-6-4-3-5-7-8;1-10(8,9)7-5-3-2-4-6-7;1-8-7-5-3-2-4-6-7;1-4(2)3;1-3-4-2;1-3-6(2,4)5;1-3-4-2;1-3-2;1-2/h11H,2-10H2,1H3;2-6H,7-10H2,1H3;3-11H2,1-2H3;9H,5-8H2,1-4H3;3-9H2,1-2H3;3-8H2,1-2H3;2-6,9H,7H2,1H3;8H,3-7H2,1-2H3;3-7H,2H2,1H3;7H,2-6H2,1H3;7H,2-6H2,1H3;4H,1-3H3;3-4H2,1-2H3;3H2,1-2H3;3H2,1-2H3;1-2H3;1-2H3. The number of ether oxygens (including phenoxy) is 3. The van der Waals surface area contributed by atoms with Gasteiger partial charge in [0.05, 0.1) is 17.8 Å². The molecular weight excluding hydrogens is 1840 g/mol. The number of para-hydroxylation sites is 1. The summed E-state index contributed by atoms with van der Waals surface area (Å²) in [6.45, 7) is 68.3. The van der Waals surface area contributed by atoms with E-state index in [9.17, 15) is 21.6 Å². The molecule has 7 heterocycles. The molecule has 7 aliphatic heterocycles. The van der Waals surface area contributed by atoms with E-state index in [0.29, 0.717) is 0 Å². The van der Waals surface area contributed by atoms with Crippen molar-refractivity contribution < 1.29 is 35.8 Å². The molecule has 3 aromatic carbocycles. The molecule has 0 bridgehead atoms. The maximum Gasteiger partial charge on any atom is 0.309 e. The highest BCUT2D eigenvalue weighted by Gasteiger charge is 2.29. The van der Waals surface area contributed by atoms with Gasteiger partial charge in [-0.1, -0.05) is 272 Å². The number of sulfone groups is 2. The zero-order chi connectivity index (χ0) is 107. The predicted octanol–water partition coefficient (Wildman–Crippen LogP) is 23.0. The fraction of sp³-hybridized carbons (Fsp3) is 0.838. The second-order valence-electron chi connectivity index (χ2n) is 41.7. The number of hydrogen-bond acceptors (Lipinski definition) is 23. The van der Waals surface area contributed by atoms with E-state index in [0.717, 1.165) is 114 Å². The zero-order valence-electron chi connectivity index (χ0n) is 98.8. The Morgan fingerprint density at radius 3 is 1.10 bits per heavy atom. The number of hydrogen-bond donors (Lipinski definition) is 1. The van der Waals surface area contributed by atoms with Gasteiger partial charge in [-0.05, 0) is 253 Å². The van der Waals surface area contributed by atoms with Gasteiger partial charge in [-0.3, -0.25) is 14.6 Å². The van der Waals surface area contributed by atoms with E-state index in [1.807, 2.05) is 89.5 Å². The molecule has 3 aromatic rings. The topological polar surface area (TPSA) is 164 Å². The number of benzene rings is 3. The number of likely N-dealkylation sites (N-methyl/N-ethyl adjacent to an activating group) is 5. The largest absolute Gasteiger partial charge is 0.460 e. The van der Waals surface area contributed by atoms with Crippen LogP contribution in [0.4, 0.5) is 5.69 Å². The summed E-state index contributed by atoms with van der Waals surface area (Å²) >= 11 is 3.90. The third kappa shape index (κ3) is 91.9. The summed E-state index contributed by atoms with van der Waals surface area (Å²) in [6.07, 6.45) is 45.0. The van der Waals surface area contributed by atoms with Crippen LogP contribution in [0.5, 0.6) is 0 Å². The van der Waals surface area contributed by atoms with Crippen molar-refractivity contribution in [3.05, 3.63) is 102 Å². The zero-order valence-corrected chi connectivity index (χ0v) is 102. The van der Waals surface area contributed by atoms with Gasteiger partial charge in [0.2, 0.25) is 0 Å². The number of piperidine rings is 2. The summed E-state index contributed by atoms with van der Waals surface area (Å²) in [6, 6.07) is 32.4. The Kier molecular flexibility index (Phi) is 101. The van der Waals surface area contributed by atoms with Gasteiger partial charge in [0, 0.05) is 201 Å². The van der Waals surface area contributed by atoms with E-state index < -0.39 is 19.7 Å². The number of anilines is 1. The molecule has 142 heavy (non-hydrogen) atoms. The second-order valence-corrected chi connectivity index (χ2v) is 48.8. The fourth-order valence-electron chi connectivity index (χ4n) is 16.3. The number of nitrogens with zero attached hydrogens (tertiary/aromatic N) is 12. The normalized spacial score (nSPS) is 18.8. The van der Waals surface area contributed by atoms with Crippen LogP contribution in [-0.2, 0) is 51.6 Å². The Morgan fingerprint density at radius 2 is 0.782 bits per heavy atom. The van der Waals surface area contributed by atoms with Crippen LogP contribution in [0.3, 0.4) is 0 Å². The average Bonchev–Trinajstić information content (AvgIpc) is 0.875. The molecule has 3 aliphatic carbocycles. The molecule has 3 saturated carbocycles. The van der Waals surface area contributed by atoms with E-state index in [1.165, 1.54) is 320 Å². The molecule has 25 heteroatoms. The third-order valence-corrected chi connectivity index (χ3v) is 31.0. The number of carbonyl (C=O) groups excluding carboxylic acids is 1. The number of piperazine rings is 5. The van der Waals surface area contributed by atoms with E-state index >= 15 is 0 Å². The summed E-state index contributed by atoms with van der Waals surface area (Å²) in [5.74, 6) is 3.43. The molecule has 0 aromatic heterocycles. The summed E-state index contributed by atoms with van der Waals surface area (Å²) < 4.78 is 56.6. The SMILES string of the molecule is CC.CC(C)C.CCC1CCN(C)CC1.CCCC.CCCCCCN1CCN(C)CC1.CCCCN1CCN(C)CC1.CCS(C)(=O)=O.CCSC.CCc1ccccc1.CN1CCC(C(=O)OC(C)(C)C)CC1.CN1CCN(C2CCCCC2)CC1.CN1CCN(c2ccccc2)CC1.CNCc1ccccc1.COC.COCCN1CCN(C)CC1.CS(=O)(=O)C1CCCCC1.CSC1CCCCC1. The summed E-state index contributed by atoms with van der Waals surface area (Å²) in [7, 11) is 16.9. The molecule has 7 saturated heterocycles. The van der Waals surface area contributed by atoms with Crippen LogP contribution in [0.1, 0.15) is 302 Å². The third-order valence-electron chi connectivity index (χ3n) is 26.5. The van der Waals surface area contributed by atoms with Crippen molar-refractivity contribution in [2.24, 2.45) is 17.8 Å². The van der Waals surface area contributed by atoms with Crippen molar-refractivity contribution in [2.45, 2.75) is 326 Å². The Balaban J connectivity index is -0.000000724. The highest BCUT2D eigenvalue weighted by Crippen LogP contribution is 2.28. The molecule has 840 valence electrons. The van der Waals surface area contributed by atoms with Gasteiger partial charge in [0.1, 0.15) is 25.3 Å². The van der Waals surface area contributed by atoms with Gasteiger partial charge in [-0.15, -0.1) is 0 Å². The molecule has 10 fully saturated rings. The summed E-state index contributed by atoms with van der Waals surface area (Å²) in [5, 5.41) is 4.06. The maximum absolute atomic E-state index is 11.7. The van der Waals surface area contributed by atoms with Crippen LogP contribution in [0, 0.1) is 17.8 Å². The molecule has 0 unspecified atom stereocenters. The number of esters is 1. The molecule has 1 N–H and O–H groups in total. The predicted molar refractivity (Wildman–Crippen MR) is 633 cm³/mol. The highest BCUT2D eigenvalue weighted by molar-refractivity contribution is 7.99. The number of unbranched alkanes of at least 4 members (excludes halogenated alkanes) is 5. The smallest absolute Gasteiger partial charge is 0.309 e. The Bertz CT molecular complexity index is 3250. The number of nitrogens with one attached hydrogen (secondary N) is 1. The number of thioether (sulfide) groups is 2. The Hall–Kier alpha value is -3.03. The minimum atomic E-state index is -2.73. The molecule has 10 aliphatic rings. The molecular formula is C117H235N13O8S4. The Labute approximate surface area is 891 Å². The molecule has 0 atom stereocenters. The van der Waals surface area contributed by atoms with Crippen molar-refractivity contribution in [1.29, 1.82) is 0 Å². The Morgan fingerprint density at radius 1 is 0.437 bits per heavy atom. The molecule has 0 amide bonds. The minimum absolute atomic E-state index is 0.0226. The van der Waals surface area contributed by atoms with Crippen molar-refractivity contribution in [3.8, 4) is 0 Å². The van der Waals surface area contributed by atoms with Crippen molar-refractivity contribution >= 4 is 54.9 Å². The van der Waals surface area contributed by atoms with E-state index in [2.05, 4.69) is 267 Å². The van der Waals surface area contributed by atoms with Crippen LogP contribution >= 0.6 is 23.5 Å². The van der Waals surface area contributed by atoms with Gasteiger partial charge in [0.15, 0.2) is 0 Å². The average molecular weight is 2080 g/mol. The molecule has 0 spiro atoms. The number of methoxy groups -OCH3 is 2. The van der Waals surface area contributed by atoms with Crippen molar-refractivity contribution in [3.63, 3.8) is 0 Å². The number of carbonyl (C=O) groups is 1. The van der Waals surface area contributed by atoms with Gasteiger partial charge < -0.3 is 68.5 Å². The van der Waals surface area contributed by atoms with Crippen LogP contribution in [0.25, 0.3) is 0 Å². The summed E-state index contributed by atoms with van der Waals surface area (Å²) in [4.78, 5) is 41.2. The maximum atomic E-state index is 11.7. The summed E-state index contributed by atoms with van der Waals surface area (Å²) in [5.41, 5.74) is 3.75. The van der Waals surface area contributed by atoms with Gasteiger partial charge in [0.25, 0.3) is 0 Å². The first-order valence-corrected chi connectivity index (χ1v) is 63.3. The lowest BCUT2D eigenvalue weighted by Gasteiger charge is -2.39. The number of likely N-dealkylation sites (tertiary alicyclic amines) is 2. The van der Waals surface area contributed by atoms with Crippen LogP contribution in [0.2, 0.25) is 0 Å². The van der Waals surface area contributed by atoms with Crippen LogP contribution < -0.4 is 10.2 Å². The lowest BCUT2D eigenvalue weighted by molar-refractivity contribution is -0.161. The van der Waals surface area contributed by atoms with E-state index in [4.69, 9.17) is 9.47 Å². The first-order valence-electron chi connectivity index (χ1n) is 56.6. The fourth-order valence-corrected chi connectivity index (χ4v) is 18.3. The highest BCUT2D eigenvalue weighted by atomic mass is 32.2. The lowest BCUT2D eigenvalue weighted by atomic mass is 9.94.